The molecule has 5 nitrogen and oxygen atoms in total. The number of amides is 1. The normalized spacial score (nSPS) is 10.6. The predicted molar refractivity (Wildman–Crippen MR) is 88.6 cm³/mol. The van der Waals surface area contributed by atoms with Crippen LogP contribution in [0, 0.1) is 0 Å². The van der Waals surface area contributed by atoms with E-state index in [9.17, 15) is 9.59 Å². The van der Waals surface area contributed by atoms with Crippen molar-refractivity contribution in [3.63, 3.8) is 0 Å². The molecule has 0 saturated carbocycles. The molecule has 8 heteroatoms. The Morgan fingerprint density at radius 3 is 2.82 bits per heavy atom. The summed E-state index contributed by atoms with van der Waals surface area (Å²) in [5.74, 6) is -0.911. The van der Waals surface area contributed by atoms with Gasteiger partial charge in [-0.15, -0.1) is 22.7 Å². The van der Waals surface area contributed by atoms with Gasteiger partial charge in [-0.1, -0.05) is 11.6 Å². The van der Waals surface area contributed by atoms with Crippen LogP contribution in [0.3, 0.4) is 0 Å². The topological polar surface area (TPSA) is 70.5 Å². The zero-order valence-electron chi connectivity index (χ0n) is 11.9. The number of hydrogen-bond donors (Lipinski definition) is 1. The first-order valence-electron chi connectivity index (χ1n) is 6.61. The second kappa shape index (κ2) is 7.71. The molecule has 0 unspecified atom stereocenters. The fourth-order valence-electron chi connectivity index (χ4n) is 1.81. The highest BCUT2D eigenvalue weighted by Crippen LogP contribution is 2.32. The van der Waals surface area contributed by atoms with Gasteiger partial charge in [0.15, 0.2) is 0 Å². The first-order chi connectivity index (χ1) is 10.5. The number of carboxylic acids is 1. The third kappa shape index (κ3) is 4.79. The maximum Gasteiger partial charge on any atom is 0.303 e. The molecule has 0 aliphatic rings. The number of carboxylic acid groups (broad SMARTS) is 1. The lowest BCUT2D eigenvalue weighted by Gasteiger charge is -2.15. The van der Waals surface area contributed by atoms with Crippen molar-refractivity contribution in [2.24, 2.45) is 0 Å². The molecular formula is C14H15ClN2O3S2. The lowest BCUT2D eigenvalue weighted by atomic mass is 10.2. The van der Waals surface area contributed by atoms with Gasteiger partial charge in [0.2, 0.25) is 5.91 Å². The van der Waals surface area contributed by atoms with Crippen molar-refractivity contribution in [1.82, 2.24) is 9.88 Å². The first kappa shape index (κ1) is 16.9. The summed E-state index contributed by atoms with van der Waals surface area (Å²) < 4.78 is 0.709. The Morgan fingerprint density at radius 1 is 1.41 bits per heavy atom. The number of hydrogen-bond acceptors (Lipinski definition) is 5. The zero-order chi connectivity index (χ0) is 16.1. The molecule has 22 heavy (non-hydrogen) atoms. The number of rotatable bonds is 7. The van der Waals surface area contributed by atoms with Gasteiger partial charge in [-0.05, 0) is 18.6 Å². The molecule has 0 aromatic carbocycles. The number of halogens is 1. The predicted octanol–water partition coefficient (Wildman–Crippen LogP) is 3.39. The van der Waals surface area contributed by atoms with Crippen LogP contribution >= 0.6 is 34.3 Å². The van der Waals surface area contributed by atoms with E-state index in [0.717, 1.165) is 15.6 Å². The maximum atomic E-state index is 12.1. The summed E-state index contributed by atoms with van der Waals surface area (Å²) in [7, 11) is 1.68. The average Bonchev–Trinajstić information content (AvgIpc) is 3.07. The Bertz CT molecular complexity index is 669. The minimum Gasteiger partial charge on any atom is -0.481 e. The molecule has 2 aromatic rings. The van der Waals surface area contributed by atoms with Crippen molar-refractivity contribution >= 4 is 46.2 Å². The van der Waals surface area contributed by atoms with E-state index in [1.807, 2.05) is 17.5 Å². The molecule has 0 atom stereocenters. The number of aromatic nitrogens is 1. The molecule has 0 fully saturated rings. The molecule has 0 saturated heterocycles. The number of thiazole rings is 1. The molecule has 1 amide bonds. The summed E-state index contributed by atoms with van der Waals surface area (Å²) in [4.78, 5) is 29.5. The largest absolute Gasteiger partial charge is 0.481 e. The second-order valence-electron chi connectivity index (χ2n) is 4.74. The van der Waals surface area contributed by atoms with Crippen LogP contribution in [-0.2, 0) is 16.0 Å². The standard InChI is InChI=1S/C14H15ClN2O3S2/c1-17(6-2-3-13(19)20)12(18)7-9-8-21-14(16-9)10-4-5-11(15)22-10/h4-5,8H,2-3,6-7H2,1H3,(H,19,20). The van der Waals surface area contributed by atoms with Gasteiger partial charge in [-0.25, -0.2) is 4.98 Å². The van der Waals surface area contributed by atoms with Crippen molar-refractivity contribution in [2.45, 2.75) is 19.3 Å². The number of nitrogens with zero attached hydrogens (tertiary/aromatic N) is 2. The molecule has 0 aliphatic heterocycles. The summed E-state index contributed by atoms with van der Waals surface area (Å²) in [5.41, 5.74) is 0.722. The minimum atomic E-state index is -0.848. The minimum absolute atomic E-state index is 0.0635. The lowest BCUT2D eigenvalue weighted by molar-refractivity contribution is -0.138. The van der Waals surface area contributed by atoms with E-state index in [2.05, 4.69) is 4.98 Å². The Kier molecular flexibility index (Phi) is 5.93. The highest BCUT2D eigenvalue weighted by Gasteiger charge is 2.14. The van der Waals surface area contributed by atoms with Gasteiger partial charge >= 0.3 is 5.97 Å². The molecule has 2 heterocycles. The summed E-state index contributed by atoms with van der Waals surface area (Å²) in [6.45, 7) is 0.433. The molecule has 2 rings (SSSR count). The van der Waals surface area contributed by atoms with Crippen molar-refractivity contribution in [3.8, 4) is 9.88 Å². The first-order valence-corrected chi connectivity index (χ1v) is 8.69. The third-order valence-electron chi connectivity index (χ3n) is 2.98. The summed E-state index contributed by atoms with van der Waals surface area (Å²) >= 11 is 8.85. The zero-order valence-corrected chi connectivity index (χ0v) is 14.3. The van der Waals surface area contributed by atoms with E-state index >= 15 is 0 Å². The van der Waals surface area contributed by atoms with E-state index < -0.39 is 5.97 Å². The number of carbonyl (C=O) groups excluding carboxylic acids is 1. The average molecular weight is 359 g/mol. The van der Waals surface area contributed by atoms with Crippen LogP contribution in [0.4, 0.5) is 0 Å². The summed E-state index contributed by atoms with van der Waals surface area (Å²) in [6.07, 6.45) is 0.740. The van der Waals surface area contributed by atoms with Crippen molar-refractivity contribution in [2.75, 3.05) is 13.6 Å². The van der Waals surface area contributed by atoms with Crippen LogP contribution in [-0.4, -0.2) is 40.5 Å². The molecule has 2 aromatic heterocycles. The van der Waals surface area contributed by atoms with Crippen molar-refractivity contribution in [1.29, 1.82) is 0 Å². The SMILES string of the molecule is CN(CCCC(=O)O)C(=O)Cc1csc(-c2ccc(Cl)s2)n1. The monoisotopic (exact) mass is 358 g/mol. The smallest absolute Gasteiger partial charge is 0.303 e. The van der Waals surface area contributed by atoms with Gasteiger partial charge in [-0.2, -0.15) is 0 Å². The van der Waals surface area contributed by atoms with Gasteiger partial charge in [0.25, 0.3) is 0 Å². The van der Waals surface area contributed by atoms with E-state index in [0.29, 0.717) is 17.3 Å². The molecule has 0 spiro atoms. The second-order valence-corrected chi connectivity index (χ2v) is 7.31. The quantitative estimate of drug-likeness (QED) is 0.823. The van der Waals surface area contributed by atoms with Gasteiger partial charge in [0, 0.05) is 25.4 Å². The van der Waals surface area contributed by atoms with Crippen LogP contribution in [0.15, 0.2) is 17.5 Å². The van der Waals surface area contributed by atoms with Crippen molar-refractivity contribution < 1.29 is 14.7 Å². The molecule has 0 aliphatic carbocycles. The lowest BCUT2D eigenvalue weighted by Crippen LogP contribution is -2.29. The Labute approximate surface area is 141 Å². The Hall–Kier alpha value is -1.44. The van der Waals surface area contributed by atoms with E-state index in [1.165, 1.54) is 22.7 Å². The van der Waals surface area contributed by atoms with Crippen LogP contribution in [0.1, 0.15) is 18.5 Å². The number of thiophene rings is 1. The van der Waals surface area contributed by atoms with Gasteiger partial charge in [0.05, 0.1) is 21.3 Å². The highest BCUT2D eigenvalue weighted by atomic mass is 35.5. The maximum absolute atomic E-state index is 12.1. The van der Waals surface area contributed by atoms with Gasteiger partial charge in [0.1, 0.15) is 5.01 Å². The van der Waals surface area contributed by atoms with E-state index in [4.69, 9.17) is 16.7 Å². The number of aliphatic carboxylic acids is 1. The molecule has 118 valence electrons. The third-order valence-corrected chi connectivity index (χ3v) is 5.27. The van der Waals surface area contributed by atoms with E-state index in [1.54, 1.807) is 11.9 Å². The van der Waals surface area contributed by atoms with Crippen LogP contribution in [0.25, 0.3) is 9.88 Å². The molecule has 0 radical (unpaired) electrons. The van der Waals surface area contributed by atoms with Crippen LogP contribution < -0.4 is 0 Å². The molecule has 0 bridgehead atoms. The Balaban J connectivity index is 1.89. The summed E-state index contributed by atoms with van der Waals surface area (Å²) in [5, 5.41) is 11.3. The van der Waals surface area contributed by atoms with Crippen LogP contribution in [0.5, 0.6) is 0 Å². The molecule has 1 N–H and O–H groups in total. The number of carbonyl (C=O) groups is 2. The van der Waals surface area contributed by atoms with E-state index in [-0.39, 0.29) is 18.7 Å². The Morgan fingerprint density at radius 2 is 2.18 bits per heavy atom. The summed E-state index contributed by atoms with van der Waals surface area (Å²) in [6, 6.07) is 3.74. The fraction of sp³-hybridized carbons (Fsp3) is 0.357. The van der Waals surface area contributed by atoms with Crippen LogP contribution in [0.2, 0.25) is 4.34 Å². The van der Waals surface area contributed by atoms with Crippen molar-refractivity contribution in [3.05, 3.63) is 27.5 Å². The fourth-order valence-corrected chi connectivity index (χ4v) is 3.75. The molecular weight excluding hydrogens is 344 g/mol. The van der Waals surface area contributed by atoms with Gasteiger partial charge < -0.3 is 10.0 Å². The highest BCUT2D eigenvalue weighted by molar-refractivity contribution is 7.23. The number of likely N-dealkylation sites (N-methyl/N-ethyl adjacent to an activating group) is 1. The van der Waals surface area contributed by atoms with Gasteiger partial charge in [-0.3, -0.25) is 9.59 Å².